The molecular weight excluding hydrogens is 518 g/mol. The zero-order valence-corrected chi connectivity index (χ0v) is 22.9. The average Bonchev–Trinajstić information content (AvgIpc) is 3.71. The number of furan rings is 2. The minimum Gasteiger partial charge on any atom is -0.480 e. The van der Waals surface area contributed by atoms with Gasteiger partial charge in [0.15, 0.2) is 17.1 Å². The topological polar surface area (TPSA) is 160 Å². The molecular formula is C29H37N3O8. The average molecular weight is 556 g/mol. The minimum atomic E-state index is -1.09. The van der Waals surface area contributed by atoms with Gasteiger partial charge in [0.1, 0.15) is 11.6 Å². The van der Waals surface area contributed by atoms with Crippen molar-refractivity contribution in [2.75, 3.05) is 0 Å². The summed E-state index contributed by atoms with van der Waals surface area (Å²) >= 11 is 0. The molecule has 11 nitrogen and oxygen atoms in total. The van der Waals surface area contributed by atoms with Gasteiger partial charge in [0.25, 0.3) is 11.8 Å². The van der Waals surface area contributed by atoms with Crippen LogP contribution in [-0.4, -0.2) is 51.9 Å². The molecule has 216 valence electrons. The number of aliphatic carboxylic acids is 1. The maximum Gasteiger partial charge on any atom is 0.341 e. The Hall–Kier alpha value is -3.89. The van der Waals surface area contributed by atoms with Crippen LogP contribution >= 0.6 is 0 Å². The zero-order valence-electron chi connectivity index (χ0n) is 22.9. The Labute approximate surface area is 232 Å². The molecule has 11 heteroatoms. The highest BCUT2D eigenvalue weighted by Crippen LogP contribution is 2.37. The molecule has 0 radical (unpaired) electrons. The van der Waals surface area contributed by atoms with Crippen LogP contribution in [0, 0.1) is 5.92 Å². The summed E-state index contributed by atoms with van der Waals surface area (Å²) in [5, 5.41) is 14.7. The van der Waals surface area contributed by atoms with Gasteiger partial charge in [0, 0.05) is 0 Å². The van der Waals surface area contributed by atoms with Crippen molar-refractivity contribution in [3.8, 4) is 0 Å². The monoisotopic (exact) mass is 555 g/mol. The first-order valence-corrected chi connectivity index (χ1v) is 13.9. The molecule has 1 spiro atoms. The molecule has 3 heterocycles. The van der Waals surface area contributed by atoms with Crippen LogP contribution in [0.4, 0.5) is 0 Å². The molecule has 2 amide bonds. The minimum absolute atomic E-state index is 0.131. The Morgan fingerprint density at radius 2 is 1.55 bits per heavy atom. The van der Waals surface area contributed by atoms with Gasteiger partial charge in [-0.3, -0.25) is 9.59 Å². The van der Waals surface area contributed by atoms with Gasteiger partial charge in [-0.25, -0.2) is 14.6 Å². The maximum atomic E-state index is 12.8. The van der Waals surface area contributed by atoms with Crippen LogP contribution in [0.2, 0.25) is 0 Å². The van der Waals surface area contributed by atoms with Crippen LogP contribution in [-0.2, 0) is 19.1 Å². The second-order valence-electron chi connectivity index (χ2n) is 11.0. The summed E-state index contributed by atoms with van der Waals surface area (Å²) in [4.78, 5) is 52.8. The fourth-order valence-electron chi connectivity index (χ4n) is 5.45. The number of esters is 1. The van der Waals surface area contributed by atoms with E-state index in [-0.39, 0.29) is 17.6 Å². The summed E-state index contributed by atoms with van der Waals surface area (Å²) in [5.41, 5.74) is -1.70. The van der Waals surface area contributed by atoms with Crippen LogP contribution in [0.5, 0.6) is 0 Å². The summed E-state index contributed by atoms with van der Waals surface area (Å²) < 4.78 is 15.5. The summed E-state index contributed by atoms with van der Waals surface area (Å²) in [6, 6.07) is 5.65. The van der Waals surface area contributed by atoms with E-state index in [0.717, 1.165) is 44.9 Å². The predicted molar refractivity (Wildman–Crippen MR) is 144 cm³/mol. The molecule has 0 unspecified atom stereocenters. The van der Waals surface area contributed by atoms with E-state index in [1.54, 1.807) is 38.3 Å². The number of nitrogens with zero attached hydrogens (tertiary/aromatic N) is 1. The Kier molecular flexibility index (Phi) is 9.11. The van der Waals surface area contributed by atoms with Crippen LogP contribution < -0.4 is 10.6 Å². The molecule has 2 aromatic rings. The van der Waals surface area contributed by atoms with Crippen molar-refractivity contribution < 1.29 is 37.9 Å². The summed E-state index contributed by atoms with van der Waals surface area (Å²) in [7, 11) is 0. The van der Waals surface area contributed by atoms with Crippen molar-refractivity contribution in [2.24, 2.45) is 10.9 Å². The second-order valence-corrected chi connectivity index (χ2v) is 11.0. The normalized spacial score (nSPS) is 20.1. The van der Waals surface area contributed by atoms with Gasteiger partial charge in [-0.05, 0) is 55.9 Å². The van der Waals surface area contributed by atoms with Crippen molar-refractivity contribution in [3.05, 3.63) is 48.3 Å². The molecule has 1 aliphatic heterocycles. The van der Waals surface area contributed by atoms with Crippen LogP contribution in [0.3, 0.4) is 0 Å². The molecule has 3 N–H and O–H groups in total. The van der Waals surface area contributed by atoms with Crippen molar-refractivity contribution in [1.82, 2.24) is 10.6 Å². The van der Waals surface area contributed by atoms with Gasteiger partial charge in [0.05, 0.1) is 12.5 Å². The highest BCUT2D eigenvalue weighted by Gasteiger charge is 2.47. The molecule has 2 saturated carbocycles. The number of carbonyl (C=O) groups excluding carboxylic acids is 3. The number of amides is 2. The lowest BCUT2D eigenvalue weighted by Gasteiger charge is -2.37. The third-order valence-corrected chi connectivity index (χ3v) is 7.76. The van der Waals surface area contributed by atoms with E-state index in [2.05, 4.69) is 15.6 Å². The number of rotatable bonds is 7. The predicted octanol–water partition coefficient (Wildman–Crippen LogP) is 4.22. The fraction of sp³-hybridized carbons (Fsp3) is 0.552. The highest BCUT2D eigenvalue weighted by atomic mass is 16.6. The molecule has 40 heavy (non-hydrogen) atoms. The maximum absolute atomic E-state index is 12.8. The molecule has 2 aliphatic carbocycles. The van der Waals surface area contributed by atoms with Gasteiger partial charge >= 0.3 is 11.9 Å². The third-order valence-electron chi connectivity index (χ3n) is 7.76. The van der Waals surface area contributed by atoms with Gasteiger partial charge in [0.2, 0.25) is 5.91 Å². The smallest absolute Gasteiger partial charge is 0.341 e. The van der Waals surface area contributed by atoms with E-state index in [1.165, 1.54) is 18.8 Å². The molecule has 5 rings (SSSR count). The van der Waals surface area contributed by atoms with Crippen LogP contribution in [0.25, 0.3) is 0 Å². The number of carboxylic acid groups (broad SMARTS) is 1. The van der Waals surface area contributed by atoms with Gasteiger partial charge in [-0.2, -0.15) is 0 Å². The molecule has 0 aromatic carbocycles. The Morgan fingerprint density at radius 3 is 2.10 bits per heavy atom. The number of hydrogen-bond donors (Lipinski definition) is 3. The van der Waals surface area contributed by atoms with E-state index in [4.69, 9.17) is 13.6 Å². The van der Waals surface area contributed by atoms with Gasteiger partial charge in [-0.15, -0.1) is 0 Å². The van der Waals surface area contributed by atoms with E-state index < -0.39 is 34.9 Å². The second kappa shape index (κ2) is 12.5. The van der Waals surface area contributed by atoms with Crippen molar-refractivity contribution >= 4 is 29.7 Å². The lowest BCUT2D eigenvalue weighted by atomic mass is 9.80. The lowest BCUT2D eigenvalue weighted by molar-refractivity contribution is -0.144. The van der Waals surface area contributed by atoms with Crippen LogP contribution in [0.15, 0.2) is 50.6 Å². The number of carbonyl (C=O) groups is 4. The third kappa shape index (κ3) is 6.46. The molecule has 2 fully saturated rings. The van der Waals surface area contributed by atoms with E-state index in [1.807, 2.05) is 0 Å². The largest absolute Gasteiger partial charge is 0.480 e. The van der Waals surface area contributed by atoms with Crippen LogP contribution in [0.1, 0.15) is 94.4 Å². The number of ether oxygens (including phenoxy) is 1. The molecule has 3 aliphatic rings. The van der Waals surface area contributed by atoms with Gasteiger partial charge < -0.3 is 29.3 Å². The molecule has 1 atom stereocenters. The van der Waals surface area contributed by atoms with Crippen molar-refractivity contribution in [3.63, 3.8) is 0 Å². The first-order chi connectivity index (χ1) is 19.2. The Bertz CT molecular complexity index is 1200. The standard InChI is InChI=1S/C17H24N2O5.C12H13NO3/c1-11(2)13(15(21)22)18-16(23)17(8-4-3-5-9-17)19-14(20)12-7-6-10-24-12;14-11-12(6-2-1-3-7-12)13-10(16-11)9-5-4-8-15-9/h6-7,10-11,13H,3-5,8-9H2,1-2H3,(H,18,23)(H,19,20)(H,21,22);4-5,8H,1-3,6-7H2/t13-;/m0./s1. The molecule has 0 saturated heterocycles. The SMILES string of the molecule is CC(C)[C@H](NC(=O)C1(NC(=O)c2ccco2)CCCCC1)C(=O)O.O=C1OC(c2ccco2)=NC12CCCCC2. The van der Waals surface area contributed by atoms with E-state index in [9.17, 15) is 24.3 Å². The number of carboxylic acids is 1. The number of nitrogens with one attached hydrogen (secondary N) is 2. The summed E-state index contributed by atoms with van der Waals surface area (Å²) in [5.74, 6) is -1.44. The molecule has 0 bridgehead atoms. The highest BCUT2D eigenvalue weighted by molar-refractivity contribution is 6.06. The number of aliphatic imine (C=N–C) groups is 1. The Morgan fingerprint density at radius 1 is 0.925 bits per heavy atom. The first-order valence-electron chi connectivity index (χ1n) is 13.9. The van der Waals surface area contributed by atoms with Gasteiger partial charge in [-0.1, -0.05) is 52.4 Å². The number of hydrogen-bond acceptors (Lipinski definition) is 8. The number of cyclic esters (lactones) is 1. The summed E-state index contributed by atoms with van der Waals surface area (Å²) in [6.45, 7) is 3.46. The van der Waals surface area contributed by atoms with E-state index >= 15 is 0 Å². The van der Waals surface area contributed by atoms with Crippen molar-refractivity contribution in [2.45, 2.75) is 95.2 Å². The first kappa shape index (κ1) is 29.1. The lowest BCUT2D eigenvalue weighted by Crippen LogP contribution is -2.62. The Balaban J connectivity index is 0.000000199. The fourth-order valence-corrected chi connectivity index (χ4v) is 5.45. The zero-order chi connectivity index (χ0) is 28.8. The summed E-state index contributed by atoms with van der Waals surface area (Å²) in [6.07, 6.45) is 11.4. The molecule has 2 aromatic heterocycles. The van der Waals surface area contributed by atoms with E-state index in [0.29, 0.717) is 24.5 Å². The quantitative estimate of drug-likeness (QED) is 0.428. The van der Waals surface area contributed by atoms with Crippen molar-refractivity contribution in [1.29, 1.82) is 0 Å².